The maximum atomic E-state index is 14.2. The lowest BCUT2D eigenvalue weighted by Crippen LogP contribution is -2.47. The highest BCUT2D eigenvalue weighted by atomic mass is 35.5. The van der Waals surface area contributed by atoms with Crippen molar-refractivity contribution < 1.29 is 27.5 Å². The summed E-state index contributed by atoms with van der Waals surface area (Å²) in [5.41, 5.74) is 3.65. The summed E-state index contributed by atoms with van der Waals surface area (Å²) in [5, 5.41) is 6.62. The number of benzene rings is 4. The third-order valence-electron chi connectivity index (χ3n) is 8.38. The van der Waals surface area contributed by atoms with Crippen LogP contribution >= 0.6 is 11.6 Å². The number of alkyl carbamates (subject to hydrolysis) is 1. The quantitative estimate of drug-likeness (QED) is 0.185. The summed E-state index contributed by atoms with van der Waals surface area (Å²) < 4.78 is 37.2. The number of Topliss-reactive ketones (excluding diaryl/α,β-unsaturated/α-hetero) is 1. The summed E-state index contributed by atoms with van der Waals surface area (Å²) in [6.07, 6.45) is -0.00903. The molecular weight excluding hydrogens is 636 g/mol. The zero-order valence-corrected chi connectivity index (χ0v) is 27.8. The number of ketones is 1. The Morgan fingerprint density at radius 3 is 2.04 bits per heavy atom. The van der Waals surface area contributed by atoms with Gasteiger partial charge in [0.2, 0.25) is 0 Å². The van der Waals surface area contributed by atoms with Crippen LogP contribution in [0.3, 0.4) is 0 Å². The number of sulfone groups is 1. The van der Waals surface area contributed by atoms with Crippen LogP contribution in [0.15, 0.2) is 114 Å². The fraction of sp³-hybridized carbons (Fsp3) is 0.297. The van der Waals surface area contributed by atoms with Crippen molar-refractivity contribution in [2.24, 2.45) is 0 Å². The largest absolute Gasteiger partial charge is 0.453 e. The lowest BCUT2D eigenvalue weighted by Gasteiger charge is -2.31. The zero-order valence-electron chi connectivity index (χ0n) is 26.2. The Morgan fingerprint density at radius 2 is 1.43 bits per heavy atom. The van der Waals surface area contributed by atoms with Crippen molar-refractivity contribution in [2.75, 3.05) is 26.0 Å². The monoisotopic (exact) mass is 674 g/mol. The maximum Gasteiger partial charge on any atom is 0.407 e. The number of halogens is 1. The van der Waals surface area contributed by atoms with E-state index in [1.165, 1.54) is 19.2 Å². The van der Waals surface area contributed by atoms with Gasteiger partial charge in [0.25, 0.3) is 0 Å². The van der Waals surface area contributed by atoms with Gasteiger partial charge in [-0.05, 0) is 59.4 Å². The van der Waals surface area contributed by atoms with Gasteiger partial charge >= 0.3 is 6.09 Å². The third-order valence-corrected chi connectivity index (χ3v) is 10.4. The van der Waals surface area contributed by atoms with E-state index in [0.717, 1.165) is 22.3 Å². The van der Waals surface area contributed by atoms with E-state index in [-0.39, 0.29) is 29.0 Å². The average Bonchev–Trinajstić information content (AvgIpc) is 3.08. The summed E-state index contributed by atoms with van der Waals surface area (Å²) in [6.45, 7) is 1.03. The van der Waals surface area contributed by atoms with E-state index in [1.807, 2.05) is 84.9 Å². The minimum absolute atomic E-state index is 0.104. The number of ether oxygens (including phenoxy) is 2. The highest BCUT2D eigenvalue weighted by molar-refractivity contribution is 7.91. The first kappa shape index (κ1) is 34.3. The molecule has 246 valence electrons. The molecule has 1 heterocycles. The van der Waals surface area contributed by atoms with Crippen LogP contribution in [0.5, 0.6) is 0 Å². The molecular formula is C37H39ClN2O6S. The Hall–Kier alpha value is -4.02. The van der Waals surface area contributed by atoms with Crippen LogP contribution in [0, 0.1) is 0 Å². The van der Waals surface area contributed by atoms with Gasteiger partial charge in [0, 0.05) is 30.5 Å². The van der Waals surface area contributed by atoms with Gasteiger partial charge in [0.15, 0.2) is 15.6 Å². The molecule has 1 amide bonds. The summed E-state index contributed by atoms with van der Waals surface area (Å²) >= 11 is 5.93. The number of nitrogens with one attached hydrogen (secondary N) is 2. The van der Waals surface area contributed by atoms with Gasteiger partial charge < -0.3 is 20.1 Å². The van der Waals surface area contributed by atoms with Crippen LogP contribution in [-0.2, 0) is 36.9 Å². The van der Waals surface area contributed by atoms with Gasteiger partial charge in [0.05, 0.1) is 30.0 Å². The predicted octanol–water partition coefficient (Wildman–Crippen LogP) is 5.77. The number of hydrogen-bond acceptors (Lipinski definition) is 7. The number of carbonyl (C=O) groups excluding carboxylic acids is 2. The van der Waals surface area contributed by atoms with Crippen LogP contribution in [0.4, 0.5) is 4.79 Å². The molecule has 1 aliphatic rings. The number of carbonyl (C=O) groups is 2. The smallest absolute Gasteiger partial charge is 0.407 e. The molecule has 0 unspecified atom stereocenters. The number of amides is 1. The lowest BCUT2D eigenvalue weighted by atomic mass is 9.81. The average molecular weight is 675 g/mol. The Kier molecular flexibility index (Phi) is 11.8. The molecule has 47 heavy (non-hydrogen) atoms. The van der Waals surface area contributed by atoms with E-state index in [2.05, 4.69) is 10.6 Å². The first-order chi connectivity index (χ1) is 22.7. The van der Waals surface area contributed by atoms with E-state index in [1.54, 1.807) is 12.1 Å². The van der Waals surface area contributed by atoms with Gasteiger partial charge in [-0.1, -0.05) is 96.5 Å². The van der Waals surface area contributed by atoms with Gasteiger partial charge in [-0.25, -0.2) is 13.2 Å². The molecule has 0 bridgehead atoms. The highest BCUT2D eigenvalue weighted by Gasteiger charge is 2.33. The van der Waals surface area contributed by atoms with Crippen molar-refractivity contribution in [1.82, 2.24) is 10.6 Å². The standard InChI is InChI=1S/C37H39ClN2O6S/c1-45-37(42)40-36(35(27-11-4-2-5-12-27)28-13-6-3-7-14-28)34(41)22-29-15-9-8-10-26(29)16-19-31-23-39-24-32(46-31)25-47(43,44)33-20-17-30(38)18-21-33/h2-15,17-18,20-21,31-32,35-36,39H,16,19,22-25H2,1H3,(H,40,42)/t31-,32-,36+/m0/s1. The lowest BCUT2D eigenvalue weighted by molar-refractivity contribution is -0.120. The molecule has 2 N–H and O–H groups in total. The number of morpholine rings is 1. The van der Waals surface area contributed by atoms with Crippen LogP contribution in [-0.4, -0.2) is 64.5 Å². The predicted molar refractivity (Wildman–Crippen MR) is 183 cm³/mol. The van der Waals surface area contributed by atoms with Crippen molar-refractivity contribution >= 4 is 33.3 Å². The summed E-state index contributed by atoms with van der Waals surface area (Å²) in [6, 6.07) is 32.4. The molecule has 8 nitrogen and oxygen atoms in total. The molecule has 5 rings (SSSR count). The molecule has 1 fully saturated rings. The van der Waals surface area contributed by atoms with Gasteiger partial charge in [0.1, 0.15) is 6.04 Å². The first-order valence-corrected chi connectivity index (χ1v) is 17.6. The molecule has 0 saturated carbocycles. The van der Waals surface area contributed by atoms with Crippen molar-refractivity contribution in [3.8, 4) is 0 Å². The normalized spacial score (nSPS) is 17.2. The van der Waals surface area contributed by atoms with Crippen LogP contribution in [0.1, 0.15) is 34.6 Å². The molecule has 0 radical (unpaired) electrons. The SMILES string of the molecule is COC(=O)N[C@H](C(=O)Cc1ccccc1CC[C@H]1CNC[C@@H](CS(=O)(=O)c2ccc(Cl)cc2)O1)C(c1ccccc1)c1ccccc1. The maximum absolute atomic E-state index is 14.2. The van der Waals surface area contributed by atoms with E-state index in [9.17, 15) is 18.0 Å². The molecule has 0 spiro atoms. The molecule has 1 saturated heterocycles. The number of methoxy groups -OCH3 is 1. The van der Waals surface area contributed by atoms with Crippen molar-refractivity contribution in [2.45, 2.75) is 48.3 Å². The van der Waals surface area contributed by atoms with Crippen LogP contribution in [0.25, 0.3) is 0 Å². The van der Waals surface area contributed by atoms with Crippen LogP contribution in [0.2, 0.25) is 5.02 Å². The summed E-state index contributed by atoms with van der Waals surface area (Å²) in [7, 11) is -2.27. The second-order valence-corrected chi connectivity index (χ2v) is 14.1. The van der Waals surface area contributed by atoms with Gasteiger partial charge in [-0.15, -0.1) is 0 Å². The number of hydrogen-bond donors (Lipinski definition) is 2. The second-order valence-electron chi connectivity index (χ2n) is 11.6. The minimum Gasteiger partial charge on any atom is -0.453 e. The van der Waals surface area contributed by atoms with E-state index in [0.29, 0.717) is 31.0 Å². The van der Waals surface area contributed by atoms with Gasteiger partial charge in [-0.2, -0.15) is 0 Å². The molecule has 10 heteroatoms. The Balaban J connectivity index is 1.29. The topological polar surface area (TPSA) is 111 Å². The molecule has 4 aromatic rings. The Bertz CT molecular complexity index is 1700. The first-order valence-electron chi connectivity index (χ1n) is 15.6. The fourth-order valence-corrected chi connectivity index (χ4v) is 7.60. The van der Waals surface area contributed by atoms with Crippen molar-refractivity contribution in [1.29, 1.82) is 0 Å². The highest BCUT2D eigenvalue weighted by Crippen LogP contribution is 2.30. The fourth-order valence-electron chi connectivity index (χ4n) is 6.05. The van der Waals surface area contributed by atoms with E-state index < -0.39 is 34.0 Å². The van der Waals surface area contributed by atoms with Crippen molar-refractivity contribution in [3.05, 3.63) is 136 Å². The second kappa shape index (κ2) is 16.2. The summed E-state index contributed by atoms with van der Waals surface area (Å²) in [4.78, 5) is 26.9. The molecule has 3 atom stereocenters. The molecule has 0 aromatic heterocycles. The van der Waals surface area contributed by atoms with E-state index in [4.69, 9.17) is 21.1 Å². The molecule has 4 aromatic carbocycles. The Labute approximate surface area is 281 Å². The van der Waals surface area contributed by atoms with Crippen LogP contribution < -0.4 is 10.6 Å². The molecule has 1 aliphatic heterocycles. The van der Waals surface area contributed by atoms with Gasteiger partial charge in [-0.3, -0.25) is 4.79 Å². The van der Waals surface area contributed by atoms with Crippen molar-refractivity contribution in [3.63, 3.8) is 0 Å². The van der Waals surface area contributed by atoms with E-state index >= 15 is 0 Å². The number of rotatable bonds is 13. The number of aryl methyl sites for hydroxylation is 1. The Morgan fingerprint density at radius 1 is 0.851 bits per heavy atom. The summed E-state index contributed by atoms with van der Waals surface area (Å²) in [5.74, 6) is -0.718. The molecule has 0 aliphatic carbocycles. The minimum atomic E-state index is -3.55. The zero-order chi connectivity index (χ0) is 33.2. The third kappa shape index (κ3) is 9.29.